The number of rotatable bonds is 4. The first kappa shape index (κ1) is 13.3. The van der Waals surface area contributed by atoms with Crippen molar-refractivity contribution in [2.24, 2.45) is 0 Å². The van der Waals surface area contributed by atoms with Gasteiger partial charge in [-0.15, -0.1) is 0 Å². The third-order valence-electron chi connectivity index (χ3n) is 3.10. The summed E-state index contributed by atoms with van der Waals surface area (Å²) in [7, 11) is 0. The molecule has 0 bridgehead atoms. The predicted octanol–water partition coefficient (Wildman–Crippen LogP) is 2.57. The Labute approximate surface area is 112 Å². The third-order valence-corrected chi connectivity index (χ3v) is 3.10. The van der Waals surface area contributed by atoms with Crippen LogP contribution in [0.2, 0.25) is 0 Å². The van der Waals surface area contributed by atoms with E-state index >= 15 is 0 Å². The van der Waals surface area contributed by atoms with Crippen LogP contribution in [0, 0.1) is 20.8 Å². The first-order chi connectivity index (χ1) is 9.06. The van der Waals surface area contributed by atoms with Crippen LogP contribution in [-0.4, -0.2) is 17.4 Å². The van der Waals surface area contributed by atoms with Crippen LogP contribution >= 0.6 is 0 Å². The number of hydrogen-bond donors (Lipinski definition) is 1. The molecule has 0 fully saturated rings. The van der Waals surface area contributed by atoms with Crippen molar-refractivity contribution in [3.8, 4) is 0 Å². The molecule has 1 N–H and O–H groups in total. The third kappa shape index (κ3) is 3.44. The maximum atomic E-state index is 11.9. The van der Waals surface area contributed by atoms with Gasteiger partial charge in [-0.3, -0.25) is 4.79 Å². The molecule has 4 heteroatoms. The molecule has 1 aromatic heterocycles. The van der Waals surface area contributed by atoms with Crippen LogP contribution in [-0.2, 0) is 6.42 Å². The molecule has 100 valence electrons. The summed E-state index contributed by atoms with van der Waals surface area (Å²) < 4.78 is 5.11. The largest absolute Gasteiger partial charge is 0.449 e. The molecule has 1 amide bonds. The van der Waals surface area contributed by atoms with Gasteiger partial charge in [-0.2, -0.15) is 0 Å². The zero-order chi connectivity index (χ0) is 13.8. The van der Waals surface area contributed by atoms with Crippen LogP contribution in [0.1, 0.15) is 33.1 Å². The molecule has 4 nitrogen and oxygen atoms in total. The number of aromatic nitrogens is 1. The fraction of sp³-hybridized carbons (Fsp3) is 0.333. The lowest BCUT2D eigenvalue weighted by molar-refractivity contribution is 0.0954. The SMILES string of the molecule is Cc1nc(CCNC(=O)c2ccc(C)c(C)c2)co1. The fourth-order valence-electron chi connectivity index (χ4n) is 1.81. The highest BCUT2D eigenvalue weighted by Crippen LogP contribution is 2.09. The topological polar surface area (TPSA) is 55.1 Å². The number of oxazole rings is 1. The van der Waals surface area contributed by atoms with Crippen molar-refractivity contribution in [2.45, 2.75) is 27.2 Å². The molecule has 2 aromatic rings. The van der Waals surface area contributed by atoms with Crippen molar-refractivity contribution in [3.63, 3.8) is 0 Å². The number of amides is 1. The second kappa shape index (κ2) is 5.69. The summed E-state index contributed by atoms with van der Waals surface area (Å²) in [5.74, 6) is 0.596. The van der Waals surface area contributed by atoms with Gasteiger partial charge in [0.2, 0.25) is 0 Å². The average Bonchev–Trinajstić information content (AvgIpc) is 2.78. The van der Waals surface area contributed by atoms with E-state index in [0.717, 1.165) is 11.3 Å². The van der Waals surface area contributed by atoms with Crippen molar-refractivity contribution >= 4 is 5.91 Å². The van der Waals surface area contributed by atoms with E-state index in [1.54, 1.807) is 13.2 Å². The van der Waals surface area contributed by atoms with Gasteiger partial charge < -0.3 is 9.73 Å². The molecule has 0 aliphatic heterocycles. The summed E-state index contributed by atoms with van der Waals surface area (Å²) in [4.78, 5) is 16.1. The highest BCUT2D eigenvalue weighted by molar-refractivity contribution is 5.94. The molecule has 19 heavy (non-hydrogen) atoms. The molecule has 1 aromatic carbocycles. The number of aryl methyl sites for hydroxylation is 3. The van der Waals surface area contributed by atoms with Crippen LogP contribution < -0.4 is 5.32 Å². The number of nitrogens with one attached hydrogen (secondary N) is 1. The first-order valence-corrected chi connectivity index (χ1v) is 6.32. The smallest absolute Gasteiger partial charge is 0.251 e. The number of benzene rings is 1. The van der Waals surface area contributed by atoms with Crippen LogP contribution in [0.15, 0.2) is 28.9 Å². The van der Waals surface area contributed by atoms with Gasteiger partial charge in [0, 0.05) is 25.5 Å². The highest BCUT2D eigenvalue weighted by Gasteiger charge is 2.06. The van der Waals surface area contributed by atoms with Crippen molar-refractivity contribution in [3.05, 3.63) is 52.7 Å². The standard InChI is InChI=1S/C15H18N2O2/c1-10-4-5-13(8-11(10)2)15(18)16-7-6-14-9-19-12(3)17-14/h4-5,8-9H,6-7H2,1-3H3,(H,16,18). The number of nitrogens with zero attached hydrogens (tertiary/aromatic N) is 1. The number of carbonyl (C=O) groups excluding carboxylic acids is 1. The molecule has 0 spiro atoms. The van der Waals surface area contributed by atoms with Crippen molar-refractivity contribution in [2.75, 3.05) is 6.54 Å². The lowest BCUT2D eigenvalue weighted by Crippen LogP contribution is -2.25. The molecular weight excluding hydrogens is 240 g/mol. The van der Waals surface area contributed by atoms with E-state index in [4.69, 9.17) is 4.42 Å². The Morgan fingerprint density at radius 1 is 1.26 bits per heavy atom. The lowest BCUT2D eigenvalue weighted by atomic mass is 10.1. The van der Waals surface area contributed by atoms with Gasteiger partial charge in [0.1, 0.15) is 6.26 Å². The molecule has 0 saturated carbocycles. The Morgan fingerprint density at radius 3 is 2.68 bits per heavy atom. The van der Waals surface area contributed by atoms with E-state index in [1.807, 2.05) is 32.0 Å². The monoisotopic (exact) mass is 258 g/mol. The van der Waals surface area contributed by atoms with Gasteiger partial charge >= 0.3 is 0 Å². The summed E-state index contributed by atoms with van der Waals surface area (Å²) in [5.41, 5.74) is 3.87. The van der Waals surface area contributed by atoms with E-state index in [1.165, 1.54) is 5.56 Å². The van der Waals surface area contributed by atoms with Crippen LogP contribution in [0.5, 0.6) is 0 Å². The molecule has 0 aliphatic carbocycles. The molecular formula is C15H18N2O2. The number of carbonyl (C=O) groups is 1. The average molecular weight is 258 g/mol. The number of hydrogen-bond acceptors (Lipinski definition) is 3. The second-order valence-corrected chi connectivity index (χ2v) is 4.66. The molecule has 1 heterocycles. The normalized spacial score (nSPS) is 10.5. The van der Waals surface area contributed by atoms with Crippen LogP contribution in [0.25, 0.3) is 0 Å². The minimum Gasteiger partial charge on any atom is -0.449 e. The molecule has 2 rings (SSSR count). The predicted molar refractivity (Wildman–Crippen MR) is 73.2 cm³/mol. The van der Waals surface area contributed by atoms with Gasteiger partial charge in [-0.1, -0.05) is 6.07 Å². The van der Waals surface area contributed by atoms with Gasteiger partial charge in [0.25, 0.3) is 5.91 Å². The molecule has 0 radical (unpaired) electrons. The van der Waals surface area contributed by atoms with E-state index in [9.17, 15) is 4.79 Å². The van der Waals surface area contributed by atoms with Gasteiger partial charge in [0.15, 0.2) is 5.89 Å². The van der Waals surface area contributed by atoms with E-state index in [-0.39, 0.29) is 5.91 Å². The fourth-order valence-corrected chi connectivity index (χ4v) is 1.81. The Morgan fingerprint density at radius 2 is 2.05 bits per heavy atom. The zero-order valence-corrected chi connectivity index (χ0v) is 11.5. The summed E-state index contributed by atoms with van der Waals surface area (Å²) in [6.07, 6.45) is 2.30. The first-order valence-electron chi connectivity index (χ1n) is 6.32. The molecule has 0 unspecified atom stereocenters. The van der Waals surface area contributed by atoms with Crippen LogP contribution in [0.4, 0.5) is 0 Å². The molecule has 0 aliphatic rings. The Hall–Kier alpha value is -2.10. The molecule has 0 atom stereocenters. The zero-order valence-electron chi connectivity index (χ0n) is 11.5. The second-order valence-electron chi connectivity index (χ2n) is 4.66. The van der Waals surface area contributed by atoms with E-state index < -0.39 is 0 Å². The van der Waals surface area contributed by atoms with E-state index in [0.29, 0.717) is 24.4 Å². The Balaban J connectivity index is 1.89. The maximum absolute atomic E-state index is 11.9. The summed E-state index contributed by atoms with van der Waals surface area (Å²) >= 11 is 0. The highest BCUT2D eigenvalue weighted by atomic mass is 16.3. The minimum absolute atomic E-state index is 0.0525. The van der Waals surface area contributed by atoms with Crippen molar-refractivity contribution in [1.29, 1.82) is 0 Å². The summed E-state index contributed by atoms with van der Waals surface area (Å²) in [5, 5.41) is 2.88. The van der Waals surface area contributed by atoms with Gasteiger partial charge in [0.05, 0.1) is 5.69 Å². The van der Waals surface area contributed by atoms with Gasteiger partial charge in [-0.05, 0) is 37.1 Å². The lowest BCUT2D eigenvalue weighted by Gasteiger charge is -2.06. The minimum atomic E-state index is -0.0525. The Bertz CT molecular complexity index is 588. The molecule has 0 saturated heterocycles. The van der Waals surface area contributed by atoms with Crippen LogP contribution in [0.3, 0.4) is 0 Å². The van der Waals surface area contributed by atoms with Gasteiger partial charge in [-0.25, -0.2) is 4.98 Å². The Kier molecular flexibility index (Phi) is 4.00. The summed E-state index contributed by atoms with van der Waals surface area (Å²) in [6, 6.07) is 5.72. The van der Waals surface area contributed by atoms with E-state index in [2.05, 4.69) is 10.3 Å². The summed E-state index contributed by atoms with van der Waals surface area (Å²) in [6.45, 7) is 6.39. The van der Waals surface area contributed by atoms with Crippen molar-refractivity contribution < 1.29 is 9.21 Å². The van der Waals surface area contributed by atoms with Crippen molar-refractivity contribution in [1.82, 2.24) is 10.3 Å². The maximum Gasteiger partial charge on any atom is 0.251 e. The quantitative estimate of drug-likeness (QED) is 0.917.